The van der Waals surface area contributed by atoms with Gasteiger partial charge in [-0.2, -0.15) is 0 Å². The van der Waals surface area contributed by atoms with Crippen LogP contribution >= 0.6 is 39.1 Å². The van der Waals surface area contributed by atoms with E-state index in [1.54, 1.807) is 18.2 Å². The average Bonchev–Trinajstić information content (AvgIpc) is 2.85. The second kappa shape index (κ2) is 6.24. The summed E-state index contributed by atoms with van der Waals surface area (Å²) in [5, 5.41) is 0.889. The van der Waals surface area contributed by atoms with Crippen LogP contribution in [0.1, 0.15) is 11.1 Å². The number of esters is 1. The lowest BCUT2D eigenvalue weighted by molar-refractivity contribution is -0.129. The molecule has 0 radical (unpaired) electrons. The van der Waals surface area contributed by atoms with Gasteiger partial charge in [0.25, 0.3) is 0 Å². The number of carbonyl (C=O) groups is 1. The van der Waals surface area contributed by atoms with Gasteiger partial charge in [0.2, 0.25) is 5.90 Å². The molecule has 0 amide bonds. The third-order valence-corrected chi connectivity index (χ3v) is 4.18. The molecular formula is C16H8BrCl2NO2. The predicted molar refractivity (Wildman–Crippen MR) is 91.2 cm³/mol. The standard InChI is InChI=1S/C16H8BrCl2NO2/c17-10-6-4-9(5-7-10)15-20-14(16(21)22-15)8-11-12(18)2-1-3-13(11)19/h1-8H/b14-8-. The lowest BCUT2D eigenvalue weighted by Crippen LogP contribution is -2.05. The Kier molecular flexibility index (Phi) is 4.34. The molecule has 6 heteroatoms. The minimum Gasteiger partial charge on any atom is -0.402 e. The first kappa shape index (κ1) is 15.3. The highest BCUT2D eigenvalue weighted by Gasteiger charge is 2.24. The first-order valence-electron chi connectivity index (χ1n) is 6.27. The number of rotatable bonds is 2. The fraction of sp³-hybridized carbons (Fsp3) is 0. The van der Waals surface area contributed by atoms with Crippen molar-refractivity contribution in [1.82, 2.24) is 0 Å². The molecule has 0 unspecified atom stereocenters. The molecule has 110 valence electrons. The van der Waals surface area contributed by atoms with E-state index in [0.717, 1.165) is 4.47 Å². The second-order valence-electron chi connectivity index (χ2n) is 4.48. The van der Waals surface area contributed by atoms with Crippen molar-refractivity contribution in [3.05, 3.63) is 73.8 Å². The number of hydrogen-bond acceptors (Lipinski definition) is 3. The number of carbonyl (C=O) groups excluding carboxylic acids is 1. The van der Waals surface area contributed by atoms with Crippen molar-refractivity contribution in [2.45, 2.75) is 0 Å². The normalized spacial score (nSPS) is 15.9. The number of benzene rings is 2. The van der Waals surface area contributed by atoms with Crippen LogP contribution in [0.2, 0.25) is 10.0 Å². The number of nitrogens with zero attached hydrogens (tertiary/aromatic N) is 1. The molecule has 3 nitrogen and oxygen atoms in total. The van der Waals surface area contributed by atoms with Crippen molar-refractivity contribution in [3.63, 3.8) is 0 Å². The van der Waals surface area contributed by atoms with Gasteiger partial charge in [-0.3, -0.25) is 0 Å². The summed E-state index contributed by atoms with van der Waals surface area (Å²) < 4.78 is 6.12. The highest BCUT2D eigenvalue weighted by molar-refractivity contribution is 9.10. The van der Waals surface area contributed by atoms with Crippen LogP contribution < -0.4 is 0 Å². The predicted octanol–water partition coefficient (Wildman–Crippen LogP) is 5.10. The van der Waals surface area contributed by atoms with Crippen molar-refractivity contribution < 1.29 is 9.53 Å². The van der Waals surface area contributed by atoms with E-state index in [1.165, 1.54) is 6.08 Å². The van der Waals surface area contributed by atoms with Crippen molar-refractivity contribution >= 4 is 57.1 Å². The van der Waals surface area contributed by atoms with Gasteiger partial charge >= 0.3 is 5.97 Å². The van der Waals surface area contributed by atoms with E-state index in [0.29, 0.717) is 21.2 Å². The quantitative estimate of drug-likeness (QED) is 0.523. The maximum atomic E-state index is 12.0. The van der Waals surface area contributed by atoms with Crippen LogP contribution in [0.25, 0.3) is 6.08 Å². The molecule has 1 aliphatic heterocycles. The van der Waals surface area contributed by atoms with Crippen LogP contribution in [-0.4, -0.2) is 11.9 Å². The van der Waals surface area contributed by atoms with Crippen LogP contribution in [0, 0.1) is 0 Å². The smallest absolute Gasteiger partial charge is 0.363 e. The Morgan fingerprint density at radius 1 is 1.05 bits per heavy atom. The van der Waals surface area contributed by atoms with Gasteiger partial charge in [0, 0.05) is 25.6 Å². The number of halogens is 3. The zero-order valence-corrected chi connectivity index (χ0v) is 14.1. The molecule has 0 atom stereocenters. The zero-order chi connectivity index (χ0) is 15.7. The van der Waals surface area contributed by atoms with Crippen LogP contribution in [-0.2, 0) is 9.53 Å². The van der Waals surface area contributed by atoms with Gasteiger partial charge in [-0.25, -0.2) is 9.79 Å². The lowest BCUT2D eigenvalue weighted by Gasteiger charge is -2.00. The van der Waals surface area contributed by atoms with Crippen LogP contribution in [0.15, 0.2) is 57.6 Å². The van der Waals surface area contributed by atoms with E-state index in [9.17, 15) is 4.79 Å². The molecule has 22 heavy (non-hydrogen) atoms. The first-order chi connectivity index (χ1) is 10.5. The highest BCUT2D eigenvalue weighted by Crippen LogP contribution is 2.28. The fourth-order valence-electron chi connectivity index (χ4n) is 1.91. The first-order valence-corrected chi connectivity index (χ1v) is 7.82. The van der Waals surface area contributed by atoms with Gasteiger partial charge in [0.05, 0.1) is 0 Å². The summed E-state index contributed by atoms with van der Waals surface area (Å²) >= 11 is 15.5. The summed E-state index contributed by atoms with van der Waals surface area (Å²) in [7, 11) is 0. The van der Waals surface area contributed by atoms with Crippen LogP contribution in [0.5, 0.6) is 0 Å². The van der Waals surface area contributed by atoms with E-state index >= 15 is 0 Å². The SMILES string of the molecule is O=C1OC(c2ccc(Br)cc2)=N/C1=C\c1c(Cl)cccc1Cl. The van der Waals surface area contributed by atoms with Gasteiger partial charge < -0.3 is 4.74 Å². The van der Waals surface area contributed by atoms with Crippen molar-refractivity contribution in [3.8, 4) is 0 Å². The van der Waals surface area contributed by atoms with E-state index in [-0.39, 0.29) is 11.6 Å². The molecule has 0 bridgehead atoms. The minimum absolute atomic E-state index is 0.160. The summed E-state index contributed by atoms with van der Waals surface area (Å²) in [6.45, 7) is 0. The molecule has 0 N–H and O–H groups in total. The number of aliphatic imine (C=N–C) groups is 1. The average molecular weight is 397 g/mol. The van der Waals surface area contributed by atoms with Gasteiger partial charge in [-0.05, 0) is 42.5 Å². The Morgan fingerprint density at radius 2 is 1.68 bits per heavy atom. The van der Waals surface area contributed by atoms with Gasteiger partial charge in [-0.1, -0.05) is 45.2 Å². The van der Waals surface area contributed by atoms with Crippen molar-refractivity contribution in [1.29, 1.82) is 0 Å². The molecule has 0 aliphatic carbocycles. The zero-order valence-electron chi connectivity index (χ0n) is 11.0. The lowest BCUT2D eigenvalue weighted by atomic mass is 10.2. The largest absolute Gasteiger partial charge is 0.402 e. The summed E-state index contributed by atoms with van der Waals surface area (Å²) in [4.78, 5) is 16.2. The monoisotopic (exact) mass is 395 g/mol. The third kappa shape index (κ3) is 3.09. The Bertz CT molecular complexity index is 793. The topological polar surface area (TPSA) is 38.7 Å². The molecule has 0 spiro atoms. The summed E-state index contributed by atoms with van der Waals surface area (Å²) in [6, 6.07) is 12.4. The van der Waals surface area contributed by atoms with Crippen molar-refractivity contribution in [2.75, 3.05) is 0 Å². The molecule has 1 heterocycles. The molecular weight excluding hydrogens is 389 g/mol. The number of cyclic esters (lactones) is 1. The Morgan fingerprint density at radius 3 is 2.32 bits per heavy atom. The highest BCUT2D eigenvalue weighted by atomic mass is 79.9. The third-order valence-electron chi connectivity index (χ3n) is 2.99. The second-order valence-corrected chi connectivity index (χ2v) is 6.21. The molecule has 0 aromatic heterocycles. The van der Waals surface area contributed by atoms with E-state index in [4.69, 9.17) is 27.9 Å². The summed E-state index contributed by atoms with van der Waals surface area (Å²) in [5.41, 5.74) is 1.41. The summed E-state index contributed by atoms with van der Waals surface area (Å²) in [5.74, 6) is -0.277. The Labute approximate surface area is 145 Å². The van der Waals surface area contributed by atoms with E-state index in [2.05, 4.69) is 20.9 Å². The Hall–Kier alpha value is -1.62. The molecule has 0 saturated carbocycles. The van der Waals surface area contributed by atoms with Gasteiger partial charge in [-0.15, -0.1) is 0 Å². The molecule has 3 rings (SSSR count). The number of hydrogen-bond donors (Lipinski definition) is 0. The van der Waals surface area contributed by atoms with Gasteiger partial charge in [0.1, 0.15) is 0 Å². The van der Waals surface area contributed by atoms with E-state index < -0.39 is 5.97 Å². The minimum atomic E-state index is -0.533. The van der Waals surface area contributed by atoms with E-state index in [1.807, 2.05) is 24.3 Å². The fourth-order valence-corrected chi connectivity index (χ4v) is 2.68. The maximum Gasteiger partial charge on any atom is 0.363 e. The van der Waals surface area contributed by atoms with Crippen LogP contribution in [0.3, 0.4) is 0 Å². The molecule has 1 aliphatic rings. The van der Waals surface area contributed by atoms with Crippen LogP contribution in [0.4, 0.5) is 0 Å². The summed E-state index contributed by atoms with van der Waals surface area (Å²) in [6.07, 6.45) is 1.53. The van der Waals surface area contributed by atoms with Crippen molar-refractivity contribution in [2.24, 2.45) is 4.99 Å². The Balaban J connectivity index is 1.99. The molecule has 0 saturated heterocycles. The molecule has 0 fully saturated rings. The number of ether oxygens (including phenoxy) is 1. The maximum absolute atomic E-state index is 12.0. The molecule has 2 aromatic rings. The van der Waals surface area contributed by atoms with Gasteiger partial charge in [0.15, 0.2) is 5.70 Å². The molecule has 2 aromatic carbocycles.